The number of hydrogen-bond donors (Lipinski definition) is 1. The van der Waals surface area contributed by atoms with Gasteiger partial charge in [-0.2, -0.15) is 5.10 Å². The lowest BCUT2D eigenvalue weighted by Gasteiger charge is -2.28. The summed E-state index contributed by atoms with van der Waals surface area (Å²) in [7, 11) is 3.47. The summed E-state index contributed by atoms with van der Waals surface area (Å²) in [6, 6.07) is 9.59. The maximum absolute atomic E-state index is 11.0. The van der Waals surface area contributed by atoms with Crippen molar-refractivity contribution in [2.45, 2.75) is 18.9 Å². The van der Waals surface area contributed by atoms with E-state index in [0.717, 1.165) is 21.4 Å². The van der Waals surface area contributed by atoms with Crippen molar-refractivity contribution in [3.05, 3.63) is 51.8 Å². The average molecular weight is 339 g/mol. The minimum absolute atomic E-state index is 0.230. The lowest BCUT2D eigenvalue weighted by molar-refractivity contribution is -0.0368. The molecule has 0 bridgehead atoms. The molecule has 0 aliphatic heterocycles. The van der Waals surface area contributed by atoms with E-state index >= 15 is 0 Å². The topological polar surface area (TPSA) is 47.3 Å². The van der Waals surface area contributed by atoms with Gasteiger partial charge in [0.1, 0.15) is 5.60 Å². The van der Waals surface area contributed by atoms with Crippen LogP contribution in [0.15, 0.2) is 34.8 Å². The first-order valence-electron chi connectivity index (χ1n) is 6.43. The number of ether oxygens (including phenoxy) is 1. The Kier molecular flexibility index (Phi) is 4.62. The van der Waals surface area contributed by atoms with Crippen molar-refractivity contribution in [2.75, 3.05) is 13.7 Å². The smallest absolute Gasteiger partial charge is 0.118 e. The minimum Gasteiger partial charge on any atom is -0.382 e. The highest BCUT2D eigenvalue weighted by Crippen LogP contribution is 2.30. The van der Waals surface area contributed by atoms with E-state index < -0.39 is 5.60 Å². The Morgan fingerprint density at radius 3 is 2.50 bits per heavy atom. The third-order valence-electron chi connectivity index (χ3n) is 3.42. The van der Waals surface area contributed by atoms with Gasteiger partial charge in [-0.3, -0.25) is 4.68 Å². The van der Waals surface area contributed by atoms with E-state index in [4.69, 9.17) is 4.74 Å². The zero-order valence-electron chi connectivity index (χ0n) is 11.9. The Hall–Kier alpha value is -1.17. The highest BCUT2D eigenvalue weighted by Gasteiger charge is 2.32. The number of halogens is 1. The van der Waals surface area contributed by atoms with Crippen molar-refractivity contribution in [1.82, 2.24) is 9.78 Å². The molecule has 0 radical (unpaired) electrons. The number of aromatic nitrogens is 2. The number of hydrogen-bond acceptors (Lipinski definition) is 3. The highest BCUT2D eigenvalue weighted by atomic mass is 79.9. The number of rotatable bonds is 5. The zero-order chi connectivity index (χ0) is 14.8. The van der Waals surface area contributed by atoms with E-state index in [-0.39, 0.29) is 6.61 Å². The predicted octanol–water partition coefficient (Wildman–Crippen LogP) is 2.57. The quantitative estimate of drug-likeness (QED) is 0.911. The SMILES string of the molecule is COCC(O)(Cc1c(Br)c(C)nn1C)c1ccccc1. The Morgan fingerprint density at radius 1 is 1.35 bits per heavy atom. The first kappa shape index (κ1) is 15.2. The Balaban J connectivity index is 2.39. The largest absolute Gasteiger partial charge is 0.382 e. The molecular weight excluding hydrogens is 320 g/mol. The monoisotopic (exact) mass is 338 g/mol. The number of methoxy groups -OCH3 is 1. The van der Waals surface area contributed by atoms with Crippen LogP contribution in [0.1, 0.15) is 17.0 Å². The molecule has 0 saturated carbocycles. The maximum atomic E-state index is 11.0. The van der Waals surface area contributed by atoms with Crippen LogP contribution in [-0.4, -0.2) is 28.6 Å². The summed E-state index contributed by atoms with van der Waals surface area (Å²) in [5, 5.41) is 15.4. The Morgan fingerprint density at radius 2 is 2.00 bits per heavy atom. The van der Waals surface area contributed by atoms with Gasteiger partial charge in [-0.1, -0.05) is 30.3 Å². The zero-order valence-corrected chi connectivity index (χ0v) is 13.5. The maximum Gasteiger partial charge on any atom is 0.118 e. The van der Waals surface area contributed by atoms with E-state index in [1.165, 1.54) is 0 Å². The summed E-state index contributed by atoms with van der Waals surface area (Å²) in [5.41, 5.74) is 1.63. The molecule has 0 amide bonds. The summed E-state index contributed by atoms with van der Waals surface area (Å²) in [5.74, 6) is 0. The highest BCUT2D eigenvalue weighted by molar-refractivity contribution is 9.10. The summed E-state index contributed by atoms with van der Waals surface area (Å²) in [4.78, 5) is 0. The van der Waals surface area contributed by atoms with Crippen LogP contribution in [0, 0.1) is 6.92 Å². The number of aliphatic hydroxyl groups is 1. The molecule has 1 N–H and O–H groups in total. The molecule has 5 heteroatoms. The summed E-state index contributed by atoms with van der Waals surface area (Å²) in [6.07, 6.45) is 0.433. The molecule has 4 nitrogen and oxygen atoms in total. The van der Waals surface area contributed by atoms with Crippen molar-refractivity contribution >= 4 is 15.9 Å². The van der Waals surface area contributed by atoms with Gasteiger partial charge in [0.25, 0.3) is 0 Å². The molecule has 1 heterocycles. The minimum atomic E-state index is -1.07. The summed E-state index contributed by atoms with van der Waals surface area (Å²) in [6.45, 7) is 2.17. The number of nitrogens with zero attached hydrogens (tertiary/aromatic N) is 2. The second-order valence-corrected chi connectivity index (χ2v) is 5.77. The van der Waals surface area contributed by atoms with Crippen LogP contribution in [-0.2, 0) is 23.8 Å². The number of aryl methyl sites for hydroxylation is 2. The molecule has 1 aromatic heterocycles. The molecule has 0 saturated heterocycles. The first-order valence-corrected chi connectivity index (χ1v) is 7.22. The second kappa shape index (κ2) is 6.08. The van der Waals surface area contributed by atoms with Gasteiger partial charge in [0.05, 0.1) is 22.5 Å². The van der Waals surface area contributed by atoms with Gasteiger partial charge >= 0.3 is 0 Å². The molecule has 0 aliphatic rings. The van der Waals surface area contributed by atoms with Crippen molar-refractivity contribution in [1.29, 1.82) is 0 Å². The molecule has 20 heavy (non-hydrogen) atoms. The van der Waals surface area contributed by atoms with Gasteiger partial charge in [0.15, 0.2) is 0 Å². The lowest BCUT2D eigenvalue weighted by atomic mass is 9.89. The van der Waals surface area contributed by atoms with E-state index in [0.29, 0.717) is 6.42 Å². The molecule has 1 unspecified atom stereocenters. The van der Waals surface area contributed by atoms with Gasteiger partial charge in [-0.25, -0.2) is 0 Å². The fourth-order valence-electron chi connectivity index (χ4n) is 2.37. The standard InChI is InChI=1S/C15H19BrN2O2/c1-11-14(16)13(18(2)17-11)9-15(19,10-20-3)12-7-5-4-6-8-12/h4-8,19H,9-10H2,1-3H3. The van der Waals surface area contributed by atoms with E-state index in [2.05, 4.69) is 21.0 Å². The Bertz CT molecular complexity index is 583. The molecule has 0 spiro atoms. The van der Waals surface area contributed by atoms with Crippen LogP contribution in [0.3, 0.4) is 0 Å². The molecule has 1 aromatic carbocycles. The fourth-order valence-corrected chi connectivity index (χ4v) is 2.85. The normalized spacial score (nSPS) is 14.2. The average Bonchev–Trinajstić information content (AvgIpc) is 2.67. The molecule has 2 rings (SSSR count). The van der Waals surface area contributed by atoms with E-state index in [1.54, 1.807) is 11.8 Å². The van der Waals surface area contributed by atoms with Crippen LogP contribution < -0.4 is 0 Å². The van der Waals surface area contributed by atoms with Crippen molar-refractivity contribution < 1.29 is 9.84 Å². The Labute approximate surface area is 127 Å². The van der Waals surface area contributed by atoms with Gasteiger partial charge in [-0.15, -0.1) is 0 Å². The van der Waals surface area contributed by atoms with Crippen LogP contribution in [0.5, 0.6) is 0 Å². The number of benzene rings is 1. The van der Waals surface area contributed by atoms with Crippen molar-refractivity contribution in [2.24, 2.45) is 7.05 Å². The molecular formula is C15H19BrN2O2. The molecule has 0 fully saturated rings. The molecule has 0 aliphatic carbocycles. The van der Waals surface area contributed by atoms with Crippen LogP contribution in [0.4, 0.5) is 0 Å². The van der Waals surface area contributed by atoms with Crippen molar-refractivity contribution in [3.8, 4) is 0 Å². The summed E-state index contributed by atoms with van der Waals surface area (Å²) >= 11 is 3.54. The molecule has 108 valence electrons. The van der Waals surface area contributed by atoms with Gasteiger partial charge in [0, 0.05) is 20.6 Å². The first-order chi connectivity index (χ1) is 9.48. The third-order valence-corrected chi connectivity index (χ3v) is 4.45. The van der Waals surface area contributed by atoms with E-state index in [1.807, 2.05) is 44.3 Å². The van der Waals surface area contributed by atoms with Crippen molar-refractivity contribution in [3.63, 3.8) is 0 Å². The molecule has 1 atom stereocenters. The third kappa shape index (κ3) is 2.95. The van der Waals surface area contributed by atoms with Gasteiger partial charge in [0.2, 0.25) is 0 Å². The van der Waals surface area contributed by atoms with E-state index in [9.17, 15) is 5.11 Å². The fraction of sp³-hybridized carbons (Fsp3) is 0.400. The lowest BCUT2D eigenvalue weighted by Crippen LogP contribution is -2.34. The second-order valence-electron chi connectivity index (χ2n) is 4.98. The molecule has 2 aromatic rings. The van der Waals surface area contributed by atoms with Gasteiger partial charge in [-0.05, 0) is 28.4 Å². The van der Waals surface area contributed by atoms with Crippen LogP contribution in [0.2, 0.25) is 0 Å². The van der Waals surface area contributed by atoms with Gasteiger partial charge < -0.3 is 9.84 Å². The summed E-state index contributed by atoms with van der Waals surface area (Å²) < 4.78 is 7.96. The predicted molar refractivity (Wildman–Crippen MR) is 81.6 cm³/mol. The van der Waals surface area contributed by atoms with Crippen LogP contribution in [0.25, 0.3) is 0 Å². The van der Waals surface area contributed by atoms with Crippen LogP contribution >= 0.6 is 15.9 Å².